The van der Waals surface area contributed by atoms with Crippen molar-refractivity contribution < 1.29 is 14.5 Å². The maximum absolute atomic E-state index is 13.6. The Morgan fingerprint density at radius 1 is 1.12 bits per heavy atom. The Morgan fingerprint density at radius 3 is 2.48 bits per heavy atom. The maximum Gasteiger partial charge on any atom is 0.275 e. The molecule has 0 fully saturated rings. The number of nitrogens with one attached hydrogen (secondary N) is 1. The van der Waals surface area contributed by atoms with Crippen molar-refractivity contribution in [2.75, 3.05) is 5.32 Å². The number of pyridine rings is 1. The number of aryl methyl sites for hydroxylation is 2. The standard InChI is InChI=1S/C24H21ClN4O4/c1-14-9-16(10-15(2)22(14)29(32)33)13-28-21(12-18-5-3-4-8-26-18)23(30)27-20-11-17(25)6-7-19(20)24(28)31/h3-11,21H,12-13H2,1-2H3,(H,27,30). The lowest BCUT2D eigenvalue weighted by Crippen LogP contribution is -2.46. The van der Waals surface area contributed by atoms with Crippen LogP contribution in [0.4, 0.5) is 11.4 Å². The number of nitro benzene ring substituents is 1. The van der Waals surface area contributed by atoms with Gasteiger partial charge in [-0.15, -0.1) is 0 Å². The van der Waals surface area contributed by atoms with E-state index in [0.717, 1.165) is 0 Å². The molecular weight excluding hydrogens is 444 g/mol. The maximum atomic E-state index is 13.6. The molecule has 0 aliphatic carbocycles. The van der Waals surface area contributed by atoms with Gasteiger partial charge in [0.05, 0.1) is 16.2 Å². The van der Waals surface area contributed by atoms with Crippen molar-refractivity contribution in [1.29, 1.82) is 0 Å². The summed E-state index contributed by atoms with van der Waals surface area (Å²) in [5.41, 5.74) is 3.07. The molecule has 8 nitrogen and oxygen atoms in total. The summed E-state index contributed by atoms with van der Waals surface area (Å²) in [6.45, 7) is 3.42. The summed E-state index contributed by atoms with van der Waals surface area (Å²) in [5.74, 6) is -0.694. The predicted octanol–water partition coefficient (Wildman–Crippen LogP) is 4.47. The lowest BCUT2D eigenvalue weighted by atomic mass is 10.0. The van der Waals surface area contributed by atoms with Crippen LogP contribution in [0.5, 0.6) is 0 Å². The molecule has 1 N–H and O–H groups in total. The molecule has 0 saturated heterocycles. The lowest BCUT2D eigenvalue weighted by molar-refractivity contribution is -0.386. The monoisotopic (exact) mass is 464 g/mol. The molecule has 4 rings (SSSR count). The molecule has 0 radical (unpaired) electrons. The first kappa shape index (κ1) is 22.4. The van der Waals surface area contributed by atoms with Crippen LogP contribution in [0, 0.1) is 24.0 Å². The van der Waals surface area contributed by atoms with Crippen LogP contribution in [-0.4, -0.2) is 32.7 Å². The third kappa shape index (κ3) is 4.56. The van der Waals surface area contributed by atoms with Crippen LogP contribution in [0.15, 0.2) is 54.7 Å². The van der Waals surface area contributed by atoms with Crippen LogP contribution in [0.3, 0.4) is 0 Å². The number of aromatic nitrogens is 1. The van der Waals surface area contributed by atoms with Gasteiger partial charge in [-0.25, -0.2) is 0 Å². The summed E-state index contributed by atoms with van der Waals surface area (Å²) in [4.78, 5) is 43.6. The Labute approximate surface area is 195 Å². The molecule has 0 bridgehead atoms. The second-order valence-corrected chi connectivity index (χ2v) is 8.42. The Bertz CT molecular complexity index is 1240. The number of carbonyl (C=O) groups is 2. The highest BCUT2D eigenvalue weighted by Crippen LogP contribution is 2.30. The van der Waals surface area contributed by atoms with Gasteiger partial charge >= 0.3 is 0 Å². The average molecular weight is 465 g/mol. The summed E-state index contributed by atoms with van der Waals surface area (Å²) >= 11 is 6.09. The molecule has 1 unspecified atom stereocenters. The molecule has 1 atom stereocenters. The fraction of sp³-hybridized carbons (Fsp3) is 0.208. The van der Waals surface area contributed by atoms with Crippen molar-refractivity contribution in [3.63, 3.8) is 0 Å². The summed E-state index contributed by atoms with van der Waals surface area (Å²) < 4.78 is 0. The van der Waals surface area contributed by atoms with E-state index in [0.29, 0.717) is 38.7 Å². The van der Waals surface area contributed by atoms with E-state index in [1.165, 1.54) is 4.90 Å². The molecule has 1 aliphatic rings. The van der Waals surface area contributed by atoms with Gasteiger partial charge in [0.2, 0.25) is 5.91 Å². The topological polar surface area (TPSA) is 105 Å². The molecule has 9 heteroatoms. The molecule has 2 aromatic carbocycles. The lowest BCUT2D eigenvalue weighted by Gasteiger charge is -2.29. The first-order chi connectivity index (χ1) is 15.7. The third-order valence-corrected chi connectivity index (χ3v) is 5.86. The predicted molar refractivity (Wildman–Crippen MR) is 124 cm³/mol. The van der Waals surface area contributed by atoms with Crippen molar-refractivity contribution in [2.45, 2.75) is 32.9 Å². The third-order valence-electron chi connectivity index (χ3n) is 5.62. The van der Waals surface area contributed by atoms with Gasteiger partial charge in [-0.05, 0) is 61.9 Å². The molecule has 33 heavy (non-hydrogen) atoms. The zero-order valence-corrected chi connectivity index (χ0v) is 18.8. The minimum atomic E-state index is -0.839. The SMILES string of the molecule is Cc1cc(CN2C(=O)c3ccc(Cl)cc3NC(=O)C2Cc2ccccn2)cc(C)c1[N+](=O)[O-]. The Balaban J connectivity index is 1.78. The number of benzene rings is 2. The number of hydrogen-bond donors (Lipinski definition) is 1. The second-order valence-electron chi connectivity index (χ2n) is 7.99. The minimum Gasteiger partial charge on any atom is -0.323 e. The summed E-state index contributed by atoms with van der Waals surface area (Å²) in [6.07, 6.45) is 1.85. The highest BCUT2D eigenvalue weighted by atomic mass is 35.5. The largest absolute Gasteiger partial charge is 0.323 e. The molecule has 0 saturated carbocycles. The minimum absolute atomic E-state index is 0.0451. The second kappa shape index (κ2) is 8.99. The number of nitro groups is 1. The molecule has 2 heterocycles. The molecule has 1 aliphatic heterocycles. The van der Waals surface area contributed by atoms with E-state index in [2.05, 4.69) is 10.3 Å². The van der Waals surface area contributed by atoms with Crippen LogP contribution in [0.2, 0.25) is 5.02 Å². The zero-order valence-electron chi connectivity index (χ0n) is 18.0. The van der Waals surface area contributed by atoms with Crippen molar-refractivity contribution in [3.8, 4) is 0 Å². The highest BCUT2D eigenvalue weighted by Gasteiger charge is 2.36. The van der Waals surface area contributed by atoms with E-state index in [-0.39, 0.29) is 30.5 Å². The van der Waals surface area contributed by atoms with Gasteiger partial charge in [-0.2, -0.15) is 0 Å². The normalized spacial score (nSPS) is 15.6. The van der Waals surface area contributed by atoms with Crippen LogP contribution < -0.4 is 5.32 Å². The Hall–Kier alpha value is -3.78. The smallest absolute Gasteiger partial charge is 0.275 e. The molecular formula is C24H21ClN4O4. The van der Waals surface area contributed by atoms with Gasteiger partial charge in [0.15, 0.2) is 0 Å². The number of nitrogens with zero attached hydrogens (tertiary/aromatic N) is 3. The van der Waals surface area contributed by atoms with Gasteiger partial charge in [0.1, 0.15) is 6.04 Å². The number of carbonyl (C=O) groups excluding carboxylic acids is 2. The number of amides is 2. The van der Waals surface area contributed by atoms with Crippen LogP contribution in [0.25, 0.3) is 0 Å². The van der Waals surface area contributed by atoms with Gasteiger partial charge in [-0.1, -0.05) is 17.7 Å². The number of halogens is 1. The number of anilines is 1. The van der Waals surface area contributed by atoms with E-state index in [4.69, 9.17) is 11.6 Å². The van der Waals surface area contributed by atoms with Gasteiger partial charge in [0, 0.05) is 41.0 Å². The van der Waals surface area contributed by atoms with E-state index in [9.17, 15) is 19.7 Å². The van der Waals surface area contributed by atoms with Crippen LogP contribution in [0.1, 0.15) is 32.7 Å². The highest BCUT2D eigenvalue weighted by molar-refractivity contribution is 6.31. The van der Waals surface area contributed by atoms with E-state index >= 15 is 0 Å². The molecule has 2 amide bonds. The van der Waals surface area contributed by atoms with Crippen LogP contribution >= 0.6 is 11.6 Å². The zero-order chi connectivity index (χ0) is 23.7. The first-order valence-corrected chi connectivity index (χ1v) is 10.7. The molecule has 168 valence electrons. The van der Waals surface area contributed by atoms with E-state index in [1.54, 1.807) is 62.5 Å². The fourth-order valence-corrected chi connectivity index (χ4v) is 4.36. The van der Waals surface area contributed by atoms with Crippen molar-refractivity contribution in [1.82, 2.24) is 9.88 Å². The van der Waals surface area contributed by atoms with Gasteiger partial charge < -0.3 is 10.2 Å². The molecule has 3 aromatic rings. The summed E-state index contributed by atoms with van der Waals surface area (Å²) in [5, 5.41) is 14.6. The van der Waals surface area contributed by atoms with Gasteiger partial charge in [0.25, 0.3) is 11.6 Å². The quantitative estimate of drug-likeness (QED) is 0.443. The van der Waals surface area contributed by atoms with Gasteiger partial charge in [-0.3, -0.25) is 24.7 Å². The van der Waals surface area contributed by atoms with Crippen molar-refractivity contribution >= 4 is 34.8 Å². The van der Waals surface area contributed by atoms with Crippen molar-refractivity contribution in [3.05, 3.63) is 97.8 Å². The summed E-state index contributed by atoms with van der Waals surface area (Å²) in [6, 6.07) is 12.7. The Morgan fingerprint density at radius 2 is 1.85 bits per heavy atom. The number of hydrogen-bond acceptors (Lipinski definition) is 5. The fourth-order valence-electron chi connectivity index (χ4n) is 4.18. The van der Waals surface area contributed by atoms with Crippen molar-refractivity contribution in [2.24, 2.45) is 0 Å². The number of fused-ring (bicyclic) bond motifs is 1. The van der Waals surface area contributed by atoms with Crippen LogP contribution in [-0.2, 0) is 17.8 Å². The number of rotatable bonds is 5. The first-order valence-electron chi connectivity index (χ1n) is 10.3. The molecule has 1 aromatic heterocycles. The van der Waals surface area contributed by atoms with E-state index in [1.807, 2.05) is 6.07 Å². The van der Waals surface area contributed by atoms with E-state index < -0.39 is 11.0 Å². The average Bonchev–Trinajstić information content (AvgIpc) is 2.83. The Kier molecular flexibility index (Phi) is 6.11. The summed E-state index contributed by atoms with van der Waals surface area (Å²) in [7, 11) is 0. The molecule has 0 spiro atoms.